The maximum Gasteiger partial charge on any atom is 0.191 e. The van der Waals surface area contributed by atoms with E-state index in [1.807, 2.05) is 13.0 Å². The fourth-order valence-corrected chi connectivity index (χ4v) is 3.82. The molecule has 0 aromatic carbocycles. The Morgan fingerprint density at radius 1 is 1.25 bits per heavy atom. The number of aliphatic hydroxyl groups excluding tert-OH is 1. The third-order valence-corrected chi connectivity index (χ3v) is 5.38. The van der Waals surface area contributed by atoms with Crippen molar-refractivity contribution in [2.75, 3.05) is 39.4 Å². The Hall–Kier alpha value is -0.840. The molecule has 2 fully saturated rings. The quantitative estimate of drug-likeness (QED) is 0.313. The minimum Gasteiger partial charge on any atom is -0.465 e. The Balaban J connectivity index is 0.00000280. The van der Waals surface area contributed by atoms with Gasteiger partial charge >= 0.3 is 0 Å². The molecule has 160 valence electrons. The van der Waals surface area contributed by atoms with Gasteiger partial charge in [0.1, 0.15) is 11.5 Å². The van der Waals surface area contributed by atoms with E-state index in [0.29, 0.717) is 12.6 Å². The van der Waals surface area contributed by atoms with Gasteiger partial charge in [-0.25, -0.2) is 0 Å². The number of morpholine rings is 1. The molecule has 2 aliphatic rings. The highest BCUT2D eigenvalue weighted by Gasteiger charge is 2.26. The molecule has 1 aliphatic carbocycles. The summed E-state index contributed by atoms with van der Waals surface area (Å²) in [4.78, 5) is 7.27. The first-order chi connectivity index (χ1) is 13.2. The second-order valence-corrected chi connectivity index (χ2v) is 7.48. The van der Waals surface area contributed by atoms with Gasteiger partial charge in [-0.15, -0.1) is 24.0 Å². The highest BCUT2D eigenvalue weighted by Crippen LogP contribution is 2.24. The van der Waals surface area contributed by atoms with Gasteiger partial charge in [0.05, 0.1) is 31.9 Å². The molecule has 1 saturated heterocycles. The van der Waals surface area contributed by atoms with Crippen LogP contribution in [0.25, 0.3) is 0 Å². The third-order valence-electron chi connectivity index (χ3n) is 5.38. The molecule has 0 radical (unpaired) electrons. The largest absolute Gasteiger partial charge is 0.465 e. The lowest BCUT2D eigenvalue weighted by Crippen LogP contribution is -2.46. The first kappa shape index (κ1) is 23.4. The maximum atomic E-state index is 9.71. The van der Waals surface area contributed by atoms with Crippen LogP contribution in [0.4, 0.5) is 0 Å². The lowest BCUT2D eigenvalue weighted by Gasteiger charge is -2.33. The summed E-state index contributed by atoms with van der Waals surface area (Å²) in [5.41, 5.74) is 0. The van der Waals surface area contributed by atoms with Gasteiger partial charge < -0.3 is 24.9 Å². The molecule has 1 atom stereocenters. The number of ether oxygens (including phenoxy) is 1. The van der Waals surface area contributed by atoms with Gasteiger partial charge in [-0.05, 0) is 51.7 Å². The Morgan fingerprint density at radius 3 is 2.57 bits per heavy atom. The van der Waals surface area contributed by atoms with Crippen molar-refractivity contribution in [3.05, 3.63) is 23.7 Å². The second kappa shape index (κ2) is 12.0. The van der Waals surface area contributed by atoms with Crippen molar-refractivity contribution >= 4 is 29.9 Å². The average molecular weight is 506 g/mol. The monoisotopic (exact) mass is 506 g/mol. The Kier molecular flexibility index (Phi) is 10.0. The van der Waals surface area contributed by atoms with E-state index in [9.17, 15) is 5.11 Å². The van der Waals surface area contributed by atoms with Crippen LogP contribution >= 0.6 is 24.0 Å². The smallest absolute Gasteiger partial charge is 0.191 e. The van der Waals surface area contributed by atoms with E-state index in [0.717, 1.165) is 76.0 Å². The van der Waals surface area contributed by atoms with Crippen molar-refractivity contribution in [2.45, 2.75) is 57.7 Å². The van der Waals surface area contributed by atoms with Gasteiger partial charge in [-0.3, -0.25) is 9.89 Å². The number of hydrogen-bond donors (Lipinski definition) is 3. The molecule has 1 aromatic rings. The summed E-state index contributed by atoms with van der Waals surface area (Å²) in [5.74, 6) is 2.74. The molecular formula is C20H35IN4O3. The first-order valence-electron chi connectivity index (χ1n) is 10.3. The van der Waals surface area contributed by atoms with Gasteiger partial charge in [0.15, 0.2) is 5.96 Å². The van der Waals surface area contributed by atoms with Crippen LogP contribution in [0.15, 0.2) is 21.5 Å². The number of aliphatic hydroxyl groups is 1. The van der Waals surface area contributed by atoms with Crippen molar-refractivity contribution in [1.82, 2.24) is 15.5 Å². The van der Waals surface area contributed by atoms with E-state index in [1.165, 1.54) is 0 Å². The third kappa shape index (κ3) is 6.89. The Morgan fingerprint density at radius 2 is 1.96 bits per heavy atom. The highest BCUT2D eigenvalue weighted by atomic mass is 127. The lowest BCUT2D eigenvalue weighted by atomic mass is 9.93. The van der Waals surface area contributed by atoms with Crippen molar-refractivity contribution in [1.29, 1.82) is 0 Å². The summed E-state index contributed by atoms with van der Waals surface area (Å²) in [7, 11) is 0. The second-order valence-electron chi connectivity index (χ2n) is 7.48. The van der Waals surface area contributed by atoms with Crippen LogP contribution in [-0.2, 0) is 4.74 Å². The molecule has 8 heteroatoms. The molecule has 3 N–H and O–H groups in total. The number of halogens is 1. The van der Waals surface area contributed by atoms with Crippen LogP contribution in [0.3, 0.4) is 0 Å². The first-order valence-corrected chi connectivity index (χ1v) is 10.3. The summed E-state index contributed by atoms with van der Waals surface area (Å²) in [6.07, 6.45) is 3.54. The van der Waals surface area contributed by atoms with Crippen LogP contribution in [-0.4, -0.2) is 67.5 Å². The van der Waals surface area contributed by atoms with Crippen LogP contribution in [0, 0.1) is 6.92 Å². The molecule has 0 bridgehead atoms. The molecule has 1 unspecified atom stereocenters. The number of nitrogens with one attached hydrogen (secondary N) is 2. The summed E-state index contributed by atoms with van der Waals surface area (Å²) >= 11 is 0. The Labute approximate surface area is 185 Å². The molecule has 2 heterocycles. The van der Waals surface area contributed by atoms with E-state index >= 15 is 0 Å². The summed E-state index contributed by atoms with van der Waals surface area (Å²) < 4.78 is 11.4. The molecule has 1 aliphatic heterocycles. The molecule has 0 amide bonds. The minimum absolute atomic E-state index is 0. The lowest BCUT2D eigenvalue weighted by molar-refractivity contribution is 0.0135. The van der Waals surface area contributed by atoms with Gasteiger partial charge in [0.2, 0.25) is 0 Å². The van der Waals surface area contributed by atoms with E-state index in [4.69, 9.17) is 14.1 Å². The van der Waals surface area contributed by atoms with Crippen LogP contribution in [0.2, 0.25) is 0 Å². The van der Waals surface area contributed by atoms with Crippen molar-refractivity contribution < 1.29 is 14.3 Å². The molecule has 0 spiro atoms. The number of guanidine groups is 1. The molecule has 1 aromatic heterocycles. The summed E-state index contributed by atoms with van der Waals surface area (Å²) in [5, 5.41) is 16.6. The van der Waals surface area contributed by atoms with Gasteiger partial charge in [0.25, 0.3) is 0 Å². The van der Waals surface area contributed by atoms with Crippen molar-refractivity contribution in [2.24, 2.45) is 4.99 Å². The minimum atomic E-state index is -0.143. The predicted molar refractivity (Wildman–Crippen MR) is 121 cm³/mol. The molecule has 28 heavy (non-hydrogen) atoms. The van der Waals surface area contributed by atoms with Gasteiger partial charge in [-0.2, -0.15) is 0 Å². The number of nitrogens with zero attached hydrogens (tertiary/aromatic N) is 2. The normalized spacial score (nSPS) is 25.0. The van der Waals surface area contributed by atoms with Crippen molar-refractivity contribution in [3.8, 4) is 0 Å². The zero-order valence-electron chi connectivity index (χ0n) is 17.0. The van der Waals surface area contributed by atoms with Crippen LogP contribution < -0.4 is 10.6 Å². The van der Waals surface area contributed by atoms with Crippen LogP contribution in [0.1, 0.15) is 50.2 Å². The fourth-order valence-electron chi connectivity index (χ4n) is 3.82. The van der Waals surface area contributed by atoms with E-state index in [2.05, 4.69) is 28.5 Å². The molecular weight excluding hydrogens is 471 g/mol. The average Bonchev–Trinajstić information content (AvgIpc) is 3.11. The highest BCUT2D eigenvalue weighted by molar-refractivity contribution is 14.0. The van der Waals surface area contributed by atoms with Gasteiger partial charge in [0, 0.05) is 25.7 Å². The number of furan rings is 1. The number of aryl methyl sites for hydroxylation is 1. The number of aliphatic imine (C=N–C) groups is 1. The summed E-state index contributed by atoms with van der Waals surface area (Å²) in [6, 6.07) is 4.57. The number of rotatable bonds is 6. The summed E-state index contributed by atoms with van der Waals surface area (Å²) in [6.45, 7) is 8.81. The Bertz CT molecular complexity index is 596. The molecule has 7 nitrogen and oxygen atoms in total. The van der Waals surface area contributed by atoms with E-state index in [1.54, 1.807) is 0 Å². The SMILES string of the molecule is CCNC(=NCC(c1ccc(C)o1)N1CCOCC1)NC1CCC(O)CC1.I. The topological polar surface area (TPSA) is 82.3 Å². The fraction of sp³-hybridized carbons (Fsp3) is 0.750. The number of hydrogen-bond acceptors (Lipinski definition) is 5. The molecule has 1 saturated carbocycles. The zero-order chi connectivity index (χ0) is 19.1. The van der Waals surface area contributed by atoms with E-state index < -0.39 is 0 Å². The zero-order valence-corrected chi connectivity index (χ0v) is 19.4. The maximum absolute atomic E-state index is 9.71. The van der Waals surface area contributed by atoms with Crippen molar-refractivity contribution in [3.63, 3.8) is 0 Å². The predicted octanol–water partition coefficient (Wildman–Crippen LogP) is 2.44. The van der Waals surface area contributed by atoms with Crippen LogP contribution in [0.5, 0.6) is 0 Å². The molecule has 3 rings (SSSR count). The van der Waals surface area contributed by atoms with Gasteiger partial charge in [-0.1, -0.05) is 0 Å². The van der Waals surface area contributed by atoms with E-state index in [-0.39, 0.29) is 36.1 Å². The standard InChI is InChI=1S/C20H34N4O3.HI/c1-3-21-20(23-16-5-7-17(25)8-6-16)22-14-18(19-9-4-15(2)27-19)24-10-12-26-13-11-24;/h4,9,16-18,25H,3,5-8,10-14H2,1-2H3,(H2,21,22,23);1H.